The first-order valence-corrected chi connectivity index (χ1v) is 8.51. The zero-order valence-corrected chi connectivity index (χ0v) is 15.4. The molecular weight excluding hydrogens is 386 g/mol. The first-order valence-electron chi connectivity index (χ1n) is 8.51. The molecule has 2 N–H and O–H groups in total. The van der Waals surface area contributed by atoms with E-state index < -0.39 is 6.61 Å². The lowest BCUT2D eigenvalue weighted by Crippen LogP contribution is -2.11. The Morgan fingerprint density at radius 2 is 2.10 bits per heavy atom. The highest BCUT2D eigenvalue weighted by atomic mass is 19.3. The number of pyridine rings is 1. The minimum Gasteiger partial charge on any atom is -0.481 e. The number of methoxy groups -OCH3 is 1. The normalized spacial score (nSPS) is 12.3. The Balaban J connectivity index is 1.63. The largest absolute Gasteiger partial charge is 0.481 e. The van der Waals surface area contributed by atoms with Crippen molar-refractivity contribution in [3.05, 3.63) is 42.4 Å². The highest BCUT2D eigenvalue weighted by Gasteiger charge is 2.18. The van der Waals surface area contributed by atoms with E-state index in [0.717, 1.165) is 5.56 Å². The molecule has 4 heterocycles. The van der Waals surface area contributed by atoms with E-state index in [-0.39, 0.29) is 11.9 Å². The average molecular weight is 402 g/mol. The van der Waals surface area contributed by atoms with E-state index in [1.807, 2.05) is 19.1 Å². The van der Waals surface area contributed by atoms with Crippen molar-refractivity contribution in [3.63, 3.8) is 0 Å². The molecule has 10 nitrogen and oxygen atoms in total. The van der Waals surface area contributed by atoms with E-state index in [1.165, 1.54) is 12.3 Å². The smallest absolute Gasteiger partial charge is 0.388 e. The minimum absolute atomic E-state index is 0.223. The summed E-state index contributed by atoms with van der Waals surface area (Å²) in [5, 5.41) is 13.5. The number of rotatable bonds is 7. The van der Waals surface area contributed by atoms with Crippen molar-refractivity contribution in [1.82, 2.24) is 34.9 Å². The van der Waals surface area contributed by atoms with Crippen LogP contribution in [0, 0.1) is 0 Å². The third kappa shape index (κ3) is 3.77. The van der Waals surface area contributed by atoms with Gasteiger partial charge in [0.2, 0.25) is 11.8 Å². The quantitative estimate of drug-likeness (QED) is 0.485. The molecule has 4 aromatic heterocycles. The Morgan fingerprint density at radius 3 is 2.90 bits per heavy atom. The zero-order valence-electron chi connectivity index (χ0n) is 15.4. The fourth-order valence-corrected chi connectivity index (χ4v) is 2.84. The average Bonchev–Trinajstić information content (AvgIpc) is 3.33. The van der Waals surface area contributed by atoms with Crippen molar-refractivity contribution in [2.75, 3.05) is 12.4 Å². The lowest BCUT2D eigenvalue weighted by molar-refractivity contribution is -0.0528. The maximum Gasteiger partial charge on any atom is 0.388 e. The highest BCUT2D eigenvalue weighted by molar-refractivity contribution is 5.72. The van der Waals surface area contributed by atoms with Crippen molar-refractivity contribution in [2.24, 2.45) is 0 Å². The van der Waals surface area contributed by atoms with Gasteiger partial charge in [0.1, 0.15) is 11.3 Å². The Hall–Kier alpha value is -3.83. The van der Waals surface area contributed by atoms with Crippen LogP contribution in [0.2, 0.25) is 0 Å². The minimum atomic E-state index is -2.96. The summed E-state index contributed by atoms with van der Waals surface area (Å²) in [7, 11) is 1.55. The standard InChI is InChI=1S/C17H16F2N8O2/c1-9(10-4-3-5-20-16(10)28-2)27-15-11(7-22-27)21-8-13(24-15)23-12-6-14(26-25-12)29-17(18)19/h3-9,17H,1-2H3,(H2,23,24,25,26). The molecule has 0 bridgehead atoms. The second-order valence-electron chi connectivity index (χ2n) is 5.95. The predicted molar refractivity (Wildman–Crippen MR) is 98.4 cm³/mol. The second kappa shape index (κ2) is 7.66. The van der Waals surface area contributed by atoms with Crippen LogP contribution in [0.25, 0.3) is 11.2 Å². The number of fused-ring (bicyclic) bond motifs is 1. The Bertz CT molecular complexity index is 1130. The number of nitrogens with one attached hydrogen (secondary N) is 2. The lowest BCUT2D eigenvalue weighted by atomic mass is 10.1. The number of aromatic nitrogens is 7. The maximum atomic E-state index is 12.3. The molecule has 0 saturated carbocycles. The number of nitrogens with zero attached hydrogens (tertiary/aromatic N) is 6. The molecule has 1 atom stereocenters. The molecule has 12 heteroatoms. The zero-order chi connectivity index (χ0) is 20.4. The van der Waals surface area contributed by atoms with Gasteiger partial charge in [0.15, 0.2) is 11.5 Å². The van der Waals surface area contributed by atoms with Crippen LogP contribution in [0.4, 0.5) is 20.4 Å². The predicted octanol–water partition coefficient (Wildman–Crippen LogP) is 2.91. The molecule has 0 aromatic carbocycles. The molecule has 0 spiro atoms. The van der Waals surface area contributed by atoms with Gasteiger partial charge in [-0.15, -0.1) is 5.10 Å². The van der Waals surface area contributed by atoms with Gasteiger partial charge in [0.25, 0.3) is 0 Å². The number of anilines is 2. The van der Waals surface area contributed by atoms with Gasteiger partial charge < -0.3 is 14.8 Å². The van der Waals surface area contributed by atoms with Gasteiger partial charge in [0.05, 0.1) is 25.5 Å². The number of halogens is 2. The molecule has 4 rings (SSSR count). The van der Waals surface area contributed by atoms with Gasteiger partial charge in [-0.2, -0.15) is 13.9 Å². The van der Waals surface area contributed by atoms with Gasteiger partial charge in [-0.05, 0) is 19.1 Å². The van der Waals surface area contributed by atoms with Crippen LogP contribution in [0.3, 0.4) is 0 Å². The second-order valence-corrected chi connectivity index (χ2v) is 5.95. The summed E-state index contributed by atoms with van der Waals surface area (Å²) in [4.78, 5) is 13.1. The number of aromatic amines is 1. The van der Waals surface area contributed by atoms with Gasteiger partial charge in [0, 0.05) is 17.8 Å². The molecular formula is C17H16F2N8O2. The molecule has 0 radical (unpaired) electrons. The molecule has 0 saturated heterocycles. The first-order chi connectivity index (χ1) is 14.0. The summed E-state index contributed by atoms with van der Waals surface area (Å²) in [5.41, 5.74) is 1.95. The summed E-state index contributed by atoms with van der Waals surface area (Å²) in [5.74, 6) is 0.952. The summed E-state index contributed by atoms with van der Waals surface area (Å²) in [6.45, 7) is -1.01. The Labute approximate surface area is 162 Å². The van der Waals surface area contributed by atoms with Crippen molar-refractivity contribution in [1.29, 1.82) is 0 Å². The summed E-state index contributed by atoms with van der Waals surface area (Å²) < 4.78 is 35.8. The number of H-pyrrole nitrogens is 1. The van der Waals surface area contributed by atoms with Crippen molar-refractivity contribution in [3.8, 4) is 11.8 Å². The molecule has 0 fully saturated rings. The summed E-state index contributed by atoms with van der Waals surface area (Å²) in [6, 6.07) is 4.78. The molecule has 1 unspecified atom stereocenters. The van der Waals surface area contributed by atoms with E-state index in [1.54, 1.807) is 24.2 Å². The third-order valence-corrected chi connectivity index (χ3v) is 4.14. The molecule has 29 heavy (non-hydrogen) atoms. The van der Waals surface area contributed by atoms with Crippen LogP contribution in [-0.2, 0) is 0 Å². The number of hydrogen-bond donors (Lipinski definition) is 2. The van der Waals surface area contributed by atoms with Crippen molar-refractivity contribution in [2.45, 2.75) is 19.6 Å². The molecule has 0 amide bonds. The van der Waals surface area contributed by atoms with Crippen molar-refractivity contribution < 1.29 is 18.3 Å². The van der Waals surface area contributed by atoms with E-state index in [2.05, 4.69) is 40.3 Å². The van der Waals surface area contributed by atoms with Crippen LogP contribution in [0.5, 0.6) is 11.8 Å². The van der Waals surface area contributed by atoms with Gasteiger partial charge in [-0.3, -0.25) is 5.10 Å². The van der Waals surface area contributed by atoms with Crippen LogP contribution in [-0.4, -0.2) is 48.7 Å². The number of alkyl halides is 2. The monoisotopic (exact) mass is 402 g/mol. The number of ether oxygens (including phenoxy) is 2. The van der Waals surface area contributed by atoms with Gasteiger partial charge in [-0.1, -0.05) is 0 Å². The SMILES string of the molecule is COc1ncccc1C(C)n1ncc2ncc(Nc3cc(OC(F)F)n[nH]3)nc21. The molecule has 150 valence electrons. The molecule has 4 aromatic rings. The molecule has 0 aliphatic carbocycles. The topological polar surface area (TPSA) is 116 Å². The maximum absolute atomic E-state index is 12.3. The summed E-state index contributed by atoms with van der Waals surface area (Å²) >= 11 is 0. The molecule has 0 aliphatic rings. The fourth-order valence-electron chi connectivity index (χ4n) is 2.84. The first kappa shape index (κ1) is 18.5. The summed E-state index contributed by atoms with van der Waals surface area (Å²) in [6.07, 6.45) is 4.75. The van der Waals surface area contributed by atoms with Crippen LogP contribution < -0.4 is 14.8 Å². The van der Waals surface area contributed by atoms with E-state index in [4.69, 9.17) is 4.74 Å². The van der Waals surface area contributed by atoms with E-state index in [9.17, 15) is 8.78 Å². The number of hydrogen-bond acceptors (Lipinski definition) is 8. The van der Waals surface area contributed by atoms with Gasteiger partial charge >= 0.3 is 6.61 Å². The van der Waals surface area contributed by atoms with E-state index >= 15 is 0 Å². The van der Waals surface area contributed by atoms with Crippen LogP contribution in [0.1, 0.15) is 18.5 Å². The fraction of sp³-hybridized carbons (Fsp3) is 0.235. The van der Waals surface area contributed by atoms with Crippen LogP contribution >= 0.6 is 0 Å². The Morgan fingerprint density at radius 1 is 1.24 bits per heavy atom. The van der Waals surface area contributed by atoms with E-state index in [0.29, 0.717) is 28.7 Å². The van der Waals surface area contributed by atoms with Crippen molar-refractivity contribution >= 4 is 22.8 Å². The third-order valence-electron chi connectivity index (χ3n) is 4.14. The highest BCUT2D eigenvalue weighted by Crippen LogP contribution is 2.27. The van der Waals surface area contributed by atoms with Gasteiger partial charge in [-0.25, -0.2) is 19.6 Å². The van der Waals surface area contributed by atoms with Crippen LogP contribution in [0.15, 0.2) is 36.8 Å². The lowest BCUT2D eigenvalue weighted by Gasteiger charge is -2.15. The Kier molecular flexibility index (Phi) is 4.89. The molecule has 0 aliphatic heterocycles.